The Balaban J connectivity index is 1.65. The SMILES string of the molecule is CC(C)(O)CCc1cccc(C(=O)N2CCCC(N3CCCC3=O)C2)c1. The van der Waals surface area contributed by atoms with Crippen molar-refractivity contribution >= 4 is 11.8 Å². The van der Waals surface area contributed by atoms with Gasteiger partial charge in [0, 0.05) is 37.7 Å². The molecule has 2 aliphatic heterocycles. The normalized spacial score (nSPS) is 21.3. The lowest BCUT2D eigenvalue weighted by atomic mass is 9.97. The number of amides is 2. The van der Waals surface area contributed by atoms with E-state index in [9.17, 15) is 14.7 Å². The molecule has 0 aromatic heterocycles. The smallest absolute Gasteiger partial charge is 0.253 e. The number of benzene rings is 1. The van der Waals surface area contributed by atoms with Gasteiger partial charge >= 0.3 is 0 Å². The minimum atomic E-state index is -0.706. The van der Waals surface area contributed by atoms with Crippen molar-refractivity contribution in [3.63, 3.8) is 0 Å². The van der Waals surface area contributed by atoms with E-state index >= 15 is 0 Å². The predicted octanol–water partition coefficient (Wildman–Crippen LogP) is 2.62. The second kappa shape index (κ2) is 7.78. The summed E-state index contributed by atoms with van der Waals surface area (Å²) >= 11 is 0. The van der Waals surface area contributed by atoms with Gasteiger partial charge in [-0.15, -0.1) is 0 Å². The van der Waals surface area contributed by atoms with Gasteiger partial charge in [0.1, 0.15) is 0 Å². The topological polar surface area (TPSA) is 60.9 Å². The van der Waals surface area contributed by atoms with Crippen LogP contribution in [-0.2, 0) is 11.2 Å². The molecule has 2 heterocycles. The van der Waals surface area contributed by atoms with E-state index in [-0.39, 0.29) is 17.9 Å². The van der Waals surface area contributed by atoms with Crippen LogP contribution in [-0.4, -0.2) is 58.0 Å². The van der Waals surface area contributed by atoms with Gasteiger partial charge in [0.05, 0.1) is 5.60 Å². The highest BCUT2D eigenvalue weighted by molar-refractivity contribution is 5.94. The highest BCUT2D eigenvalue weighted by atomic mass is 16.3. The van der Waals surface area contributed by atoms with Crippen LogP contribution >= 0.6 is 0 Å². The van der Waals surface area contributed by atoms with Gasteiger partial charge in [-0.1, -0.05) is 12.1 Å². The van der Waals surface area contributed by atoms with Crippen molar-refractivity contribution in [2.75, 3.05) is 19.6 Å². The fourth-order valence-corrected chi connectivity index (χ4v) is 3.94. The molecule has 5 nitrogen and oxygen atoms in total. The molecule has 2 amide bonds. The first kappa shape index (κ1) is 18.9. The van der Waals surface area contributed by atoms with Crippen molar-refractivity contribution in [2.45, 2.75) is 64.0 Å². The zero-order valence-electron chi connectivity index (χ0n) is 15.9. The van der Waals surface area contributed by atoms with Gasteiger partial charge in [0.15, 0.2) is 0 Å². The van der Waals surface area contributed by atoms with Crippen molar-refractivity contribution in [2.24, 2.45) is 0 Å². The van der Waals surface area contributed by atoms with Crippen LogP contribution in [0.15, 0.2) is 24.3 Å². The largest absolute Gasteiger partial charge is 0.390 e. The number of carbonyl (C=O) groups excluding carboxylic acids is 2. The fraction of sp³-hybridized carbons (Fsp3) is 0.619. The summed E-state index contributed by atoms with van der Waals surface area (Å²) in [4.78, 5) is 28.9. The van der Waals surface area contributed by atoms with Gasteiger partial charge in [0.25, 0.3) is 5.91 Å². The van der Waals surface area contributed by atoms with Crippen molar-refractivity contribution in [3.05, 3.63) is 35.4 Å². The van der Waals surface area contributed by atoms with E-state index < -0.39 is 5.60 Å². The maximum absolute atomic E-state index is 13.0. The number of hydrogen-bond acceptors (Lipinski definition) is 3. The second-order valence-corrected chi connectivity index (χ2v) is 8.25. The van der Waals surface area contributed by atoms with Crippen LogP contribution in [0.5, 0.6) is 0 Å². The maximum atomic E-state index is 13.0. The summed E-state index contributed by atoms with van der Waals surface area (Å²) in [6.07, 6.45) is 4.92. The average Bonchev–Trinajstić information content (AvgIpc) is 3.05. The third kappa shape index (κ3) is 4.64. The second-order valence-electron chi connectivity index (χ2n) is 8.25. The molecule has 0 aliphatic carbocycles. The Morgan fingerprint density at radius 1 is 1.27 bits per heavy atom. The minimum absolute atomic E-state index is 0.0476. The number of nitrogens with zero attached hydrogens (tertiary/aromatic N) is 2. The third-order valence-corrected chi connectivity index (χ3v) is 5.43. The van der Waals surface area contributed by atoms with Crippen LogP contribution in [0.2, 0.25) is 0 Å². The van der Waals surface area contributed by atoms with Crippen LogP contribution < -0.4 is 0 Å². The van der Waals surface area contributed by atoms with Crippen LogP contribution in [0, 0.1) is 0 Å². The number of aryl methyl sites for hydroxylation is 1. The first-order valence-electron chi connectivity index (χ1n) is 9.73. The van der Waals surface area contributed by atoms with Gasteiger partial charge in [-0.25, -0.2) is 0 Å². The first-order valence-corrected chi connectivity index (χ1v) is 9.73. The van der Waals surface area contributed by atoms with E-state index in [0.29, 0.717) is 24.9 Å². The molecule has 26 heavy (non-hydrogen) atoms. The molecule has 2 aliphatic rings. The Bertz CT molecular complexity index is 665. The summed E-state index contributed by atoms with van der Waals surface area (Å²) < 4.78 is 0. The minimum Gasteiger partial charge on any atom is -0.390 e. The number of aliphatic hydroxyl groups is 1. The first-order chi connectivity index (χ1) is 12.3. The summed E-state index contributed by atoms with van der Waals surface area (Å²) in [6, 6.07) is 7.89. The molecule has 0 saturated carbocycles. The van der Waals surface area contributed by atoms with Gasteiger partial charge in [-0.2, -0.15) is 0 Å². The van der Waals surface area contributed by atoms with E-state index in [1.807, 2.05) is 34.1 Å². The molecule has 0 radical (unpaired) electrons. The Hall–Kier alpha value is -1.88. The molecule has 1 unspecified atom stereocenters. The van der Waals surface area contributed by atoms with Crippen molar-refractivity contribution < 1.29 is 14.7 Å². The summed E-state index contributed by atoms with van der Waals surface area (Å²) in [5.41, 5.74) is 1.07. The van der Waals surface area contributed by atoms with E-state index in [0.717, 1.165) is 44.3 Å². The van der Waals surface area contributed by atoms with Crippen LogP contribution in [0.25, 0.3) is 0 Å². The number of carbonyl (C=O) groups is 2. The van der Waals surface area contributed by atoms with E-state index in [2.05, 4.69) is 0 Å². The van der Waals surface area contributed by atoms with Crippen molar-refractivity contribution in [1.82, 2.24) is 9.80 Å². The molecule has 1 N–H and O–H groups in total. The Labute approximate surface area is 156 Å². The Morgan fingerprint density at radius 2 is 2.08 bits per heavy atom. The lowest BCUT2D eigenvalue weighted by molar-refractivity contribution is -0.130. The van der Waals surface area contributed by atoms with E-state index in [1.165, 1.54) is 0 Å². The van der Waals surface area contributed by atoms with E-state index in [4.69, 9.17) is 0 Å². The maximum Gasteiger partial charge on any atom is 0.253 e. The summed E-state index contributed by atoms with van der Waals surface area (Å²) in [7, 11) is 0. The van der Waals surface area contributed by atoms with Crippen molar-refractivity contribution in [3.8, 4) is 0 Å². The molecular formula is C21H30N2O3. The molecule has 2 saturated heterocycles. The number of piperidine rings is 1. The molecule has 1 aromatic carbocycles. The molecule has 142 valence electrons. The van der Waals surface area contributed by atoms with Gasteiger partial charge in [0.2, 0.25) is 5.91 Å². The molecule has 3 rings (SSSR count). The zero-order chi connectivity index (χ0) is 18.7. The highest BCUT2D eigenvalue weighted by Gasteiger charge is 2.33. The molecule has 5 heteroatoms. The fourth-order valence-electron chi connectivity index (χ4n) is 3.94. The van der Waals surface area contributed by atoms with Gasteiger partial charge < -0.3 is 14.9 Å². The van der Waals surface area contributed by atoms with Crippen LogP contribution in [0.4, 0.5) is 0 Å². The number of likely N-dealkylation sites (tertiary alicyclic amines) is 2. The molecule has 2 fully saturated rings. The monoisotopic (exact) mass is 358 g/mol. The van der Waals surface area contributed by atoms with Crippen LogP contribution in [0.1, 0.15) is 61.9 Å². The standard InChI is InChI=1S/C21H30N2O3/c1-21(2,26)11-10-16-6-3-7-17(14-16)20(25)22-12-4-8-18(15-22)23-13-5-9-19(23)24/h3,6-7,14,18,26H,4-5,8-13,15H2,1-2H3. The molecule has 1 atom stereocenters. The lowest BCUT2D eigenvalue weighted by Crippen LogP contribution is -2.50. The lowest BCUT2D eigenvalue weighted by Gasteiger charge is -2.37. The summed E-state index contributed by atoms with van der Waals surface area (Å²) in [5, 5.41) is 9.91. The Kier molecular flexibility index (Phi) is 5.66. The van der Waals surface area contributed by atoms with Gasteiger partial charge in [-0.05, 0) is 63.6 Å². The molecule has 1 aromatic rings. The molecular weight excluding hydrogens is 328 g/mol. The van der Waals surface area contributed by atoms with E-state index in [1.54, 1.807) is 13.8 Å². The molecule has 0 bridgehead atoms. The third-order valence-electron chi connectivity index (χ3n) is 5.43. The van der Waals surface area contributed by atoms with Gasteiger partial charge in [-0.3, -0.25) is 9.59 Å². The number of rotatable bonds is 5. The zero-order valence-corrected chi connectivity index (χ0v) is 15.9. The van der Waals surface area contributed by atoms with Crippen molar-refractivity contribution in [1.29, 1.82) is 0 Å². The molecule has 0 spiro atoms. The quantitative estimate of drug-likeness (QED) is 0.880. The highest BCUT2D eigenvalue weighted by Crippen LogP contribution is 2.23. The summed E-state index contributed by atoms with van der Waals surface area (Å²) in [5.74, 6) is 0.282. The number of hydrogen-bond donors (Lipinski definition) is 1. The summed E-state index contributed by atoms with van der Waals surface area (Å²) in [6.45, 7) is 5.83. The predicted molar refractivity (Wildman–Crippen MR) is 101 cm³/mol. The average molecular weight is 358 g/mol. The van der Waals surface area contributed by atoms with Crippen LogP contribution in [0.3, 0.4) is 0 Å². The Morgan fingerprint density at radius 3 is 2.77 bits per heavy atom.